The van der Waals surface area contributed by atoms with Crippen molar-refractivity contribution in [3.05, 3.63) is 24.3 Å². The molecule has 1 amide bonds. The molecule has 0 saturated carbocycles. The molecule has 0 aromatic heterocycles. The van der Waals surface area contributed by atoms with Gasteiger partial charge in [0.15, 0.2) is 0 Å². The maximum absolute atomic E-state index is 12.1. The van der Waals surface area contributed by atoms with Crippen molar-refractivity contribution in [2.45, 2.75) is 31.7 Å². The summed E-state index contributed by atoms with van der Waals surface area (Å²) in [4.78, 5) is 11.9. The first-order valence-electron chi connectivity index (χ1n) is 6.34. The number of carbonyl (C=O) groups is 1. The van der Waals surface area contributed by atoms with Crippen LogP contribution >= 0.6 is 0 Å². The minimum absolute atomic E-state index is 0.242. The summed E-state index contributed by atoms with van der Waals surface area (Å²) in [7, 11) is 0. The molecule has 7 heteroatoms. The second kappa shape index (κ2) is 6.13. The number of benzene rings is 1. The molecule has 1 atom stereocenters. The summed E-state index contributed by atoms with van der Waals surface area (Å²) in [6.07, 6.45) is -2.03. The van der Waals surface area contributed by atoms with Crippen molar-refractivity contribution < 1.29 is 22.7 Å². The quantitative estimate of drug-likeness (QED) is 0.899. The van der Waals surface area contributed by atoms with E-state index >= 15 is 0 Å². The van der Waals surface area contributed by atoms with Crippen LogP contribution in [-0.4, -0.2) is 24.9 Å². The van der Waals surface area contributed by atoms with E-state index in [1.165, 1.54) is 18.2 Å². The summed E-state index contributed by atoms with van der Waals surface area (Å²) >= 11 is 0. The van der Waals surface area contributed by atoms with Crippen LogP contribution in [0, 0.1) is 0 Å². The van der Waals surface area contributed by atoms with Gasteiger partial charge in [-0.1, -0.05) is 12.5 Å². The average Bonchev–Trinajstić information content (AvgIpc) is 2.38. The lowest BCUT2D eigenvalue weighted by Gasteiger charge is -2.22. The van der Waals surface area contributed by atoms with Gasteiger partial charge in [0, 0.05) is 11.8 Å². The Morgan fingerprint density at radius 2 is 2.15 bits per heavy atom. The number of hydrogen-bond donors (Lipinski definition) is 2. The molecule has 2 N–H and O–H groups in total. The van der Waals surface area contributed by atoms with Gasteiger partial charge < -0.3 is 15.4 Å². The van der Waals surface area contributed by atoms with Gasteiger partial charge in [0.05, 0.1) is 6.04 Å². The standard InChI is InChI=1S/C13H15F3N2O2/c14-13(15,16)20-10-5-3-4-9(8-10)18-12(19)11-6-1-2-7-17-11/h3-5,8,11,17H,1-2,6-7H2,(H,18,19)/t11-/m1/s1. The van der Waals surface area contributed by atoms with Crippen molar-refractivity contribution in [3.8, 4) is 5.75 Å². The zero-order valence-corrected chi connectivity index (χ0v) is 10.7. The first kappa shape index (κ1) is 14.6. The van der Waals surface area contributed by atoms with Crippen LogP contribution in [0.25, 0.3) is 0 Å². The van der Waals surface area contributed by atoms with E-state index in [9.17, 15) is 18.0 Å². The van der Waals surface area contributed by atoms with Crippen LogP contribution in [0.15, 0.2) is 24.3 Å². The number of hydrogen-bond acceptors (Lipinski definition) is 3. The molecule has 0 unspecified atom stereocenters. The van der Waals surface area contributed by atoms with Gasteiger partial charge in [0.2, 0.25) is 5.91 Å². The van der Waals surface area contributed by atoms with Crippen molar-refractivity contribution in [1.29, 1.82) is 0 Å². The number of anilines is 1. The molecule has 1 aliphatic rings. The highest BCUT2D eigenvalue weighted by Crippen LogP contribution is 2.25. The number of ether oxygens (including phenoxy) is 1. The van der Waals surface area contributed by atoms with Crippen LogP contribution in [0.5, 0.6) is 5.75 Å². The number of piperidine rings is 1. The topological polar surface area (TPSA) is 50.4 Å². The lowest BCUT2D eigenvalue weighted by molar-refractivity contribution is -0.274. The molecule has 1 fully saturated rings. The Morgan fingerprint density at radius 3 is 2.80 bits per heavy atom. The first-order valence-corrected chi connectivity index (χ1v) is 6.34. The molecule has 1 heterocycles. The first-order chi connectivity index (χ1) is 9.44. The molecule has 2 rings (SSSR count). The van der Waals surface area contributed by atoms with Crippen LogP contribution in [-0.2, 0) is 4.79 Å². The van der Waals surface area contributed by atoms with Crippen LogP contribution in [0.3, 0.4) is 0 Å². The van der Waals surface area contributed by atoms with E-state index in [0.717, 1.165) is 31.9 Å². The lowest BCUT2D eigenvalue weighted by atomic mass is 10.0. The van der Waals surface area contributed by atoms with Crippen LogP contribution in [0.2, 0.25) is 0 Å². The summed E-state index contributed by atoms with van der Waals surface area (Å²) in [5, 5.41) is 5.66. The monoisotopic (exact) mass is 288 g/mol. The lowest BCUT2D eigenvalue weighted by Crippen LogP contribution is -2.43. The van der Waals surface area contributed by atoms with E-state index in [2.05, 4.69) is 15.4 Å². The van der Waals surface area contributed by atoms with Gasteiger partial charge in [0.25, 0.3) is 0 Å². The maximum Gasteiger partial charge on any atom is 0.573 e. The number of nitrogens with one attached hydrogen (secondary N) is 2. The fourth-order valence-electron chi connectivity index (χ4n) is 2.08. The third kappa shape index (κ3) is 4.41. The highest BCUT2D eigenvalue weighted by Gasteiger charge is 2.31. The number of halogens is 3. The predicted octanol–water partition coefficient (Wildman–Crippen LogP) is 2.67. The van der Waals surface area contributed by atoms with Crippen molar-refractivity contribution in [2.24, 2.45) is 0 Å². The van der Waals surface area contributed by atoms with Crippen LogP contribution in [0.1, 0.15) is 19.3 Å². The minimum atomic E-state index is -4.74. The maximum atomic E-state index is 12.1. The van der Waals surface area contributed by atoms with Gasteiger partial charge in [-0.05, 0) is 31.5 Å². The van der Waals surface area contributed by atoms with E-state index in [4.69, 9.17) is 0 Å². The highest BCUT2D eigenvalue weighted by atomic mass is 19.4. The van der Waals surface area contributed by atoms with Gasteiger partial charge >= 0.3 is 6.36 Å². The van der Waals surface area contributed by atoms with Crippen molar-refractivity contribution in [3.63, 3.8) is 0 Å². The van der Waals surface area contributed by atoms with Gasteiger partial charge in [-0.15, -0.1) is 13.2 Å². The zero-order valence-electron chi connectivity index (χ0n) is 10.7. The smallest absolute Gasteiger partial charge is 0.406 e. The molecular formula is C13H15F3N2O2. The summed E-state index contributed by atoms with van der Waals surface area (Å²) in [5.74, 6) is -0.597. The van der Waals surface area contributed by atoms with E-state index in [-0.39, 0.29) is 23.4 Å². The number of carbonyl (C=O) groups excluding carboxylic acids is 1. The summed E-state index contributed by atoms with van der Waals surface area (Å²) < 4.78 is 40.1. The Labute approximate surface area is 114 Å². The van der Waals surface area contributed by atoms with E-state index in [1.807, 2.05) is 0 Å². The molecule has 4 nitrogen and oxygen atoms in total. The van der Waals surface area contributed by atoms with Crippen molar-refractivity contribution in [1.82, 2.24) is 5.32 Å². The molecular weight excluding hydrogens is 273 g/mol. The largest absolute Gasteiger partial charge is 0.573 e. The Kier molecular flexibility index (Phi) is 4.49. The Bertz CT molecular complexity index is 471. The second-order valence-corrected chi connectivity index (χ2v) is 4.57. The molecule has 1 aromatic carbocycles. The third-order valence-electron chi connectivity index (χ3n) is 2.96. The van der Waals surface area contributed by atoms with Crippen LogP contribution < -0.4 is 15.4 Å². The van der Waals surface area contributed by atoms with E-state index < -0.39 is 6.36 Å². The highest BCUT2D eigenvalue weighted by molar-refractivity contribution is 5.95. The van der Waals surface area contributed by atoms with Crippen LogP contribution in [0.4, 0.5) is 18.9 Å². The van der Waals surface area contributed by atoms with Gasteiger partial charge in [0.1, 0.15) is 5.75 Å². The number of alkyl halides is 3. The zero-order chi connectivity index (χ0) is 14.6. The Morgan fingerprint density at radius 1 is 1.35 bits per heavy atom. The van der Waals surface area contributed by atoms with E-state index in [0.29, 0.717) is 0 Å². The molecule has 0 radical (unpaired) electrons. The molecule has 0 bridgehead atoms. The minimum Gasteiger partial charge on any atom is -0.406 e. The summed E-state index contributed by atoms with van der Waals surface area (Å²) in [5.41, 5.74) is 0.282. The van der Waals surface area contributed by atoms with Gasteiger partial charge in [-0.2, -0.15) is 0 Å². The summed E-state index contributed by atoms with van der Waals surface area (Å²) in [6.45, 7) is 0.773. The molecule has 1 saturated heterocycles. The SMILES string of the molecule is O=C(Nc1cccc(OC(F)(F)F)c1)[C@H]1CCCCN1. The number of rotatable bonds is 3. The molecule has 0 spiro atoms. The van der Waals surface area contributed by atoms with E-state index in [1.54, 1.807) is 0 Å². The fraction of sp³-hybridized carbons (Fsp3) is 0.462. The molecule has 0 aliphatic carbocycles. The van der Waals surface area contributed by atoms with Crippen molar-refractivity contribution >= 4 is 11.6 Å². The molecule has 1 aliphatic heterocycles. The predicted molar refractivity (Wildman–Crippen MR) is 67.4 cm³/mol. The molecule has 1 aromatic rings. The molecule has 20 heavy (non-hydrogen) atoms. The fourth-order valence-corrected chi connectivity index (χ4v) is 2.08. The Hall–Kier alpha value is -1.76. The van der Waals surface area contributed by atoms with Gasteiger partial charge in [-0.25, -0.2) is 0 Å². The third-order valence-corrected chi connectivity index (χ3v) is 2.96. The normalized spacial score (nSPS) is 19.4. The average molecular weight is 288 g/mol. The second-order valence-electron chi connectivity index (χ2n) is 4.57. The van der Waals surface area contributed by atoms with Gasteiger partial charge in [-0.3, -0.25) is 4.79 Å². The molecule has 110 valence electrons. The number of amides is 1. The Balaban J connectivity index is 1.98. The summed E-state index contributed by atoms with van der Waals surface area (Å²) in [6, 6.07) is 4.95. The van der Waals surface area contributed by atoms with Crippen molar-refractivity contribution in [2.75, 3.05) is 11.9 Å².